The fourth-order valence-electron chi connectivity index (χ4n) is 4.94. The molecule has 9 heteroatoms. The Hall–Kier alpha value is -2.78. The van der Waals surface area contributed by atoms with Gasteiger partial charge in [0.15, 0.2) is 0 Å². The summed E-state index contributed by atoms with van der Waals surface area (Å²) in [6, 6.07) is 10.4. The Balaban J connectivity index is 1.18. The van der Waals surface area contributed by atoms with E-state index >= 15 is 0 Å². The summed E-state index contributed by atoms with van der Waals surface area (Å²) in [5.74, 6) is 0.0303. The lowest BCUT2D eigenvalue weighted by Gasteiger charge is -2.31. The van der Waals surface area contributed by atoms with Crippen molar-refractivity contribution in [3.05, 3.63) is 57.5 Å². The number of nitrogens with zero attached hydrogens (tertiary/aromatic N) is 5. The summed E-state index contributed by atoms with van der Waals surface area (Å²) in [5, 5.41) is 8.52. The average Bonchev–Trinajstić information content (AvgIpc) is 3.29. The van der Waals surface area contributed by atoms with Crippen molar-refractivity contribution in [2.45, 2.75) is 45.1 Å². The van der Waals surface area contributed by atoms with E-state index in [1.54, 1.807) is 0 Å². The van der Waals surface area contributed by atoms with E-state index in [-0.39, 0.29) is 17.4 Å². The number of hydrogen-bond donors (Lipinski definition) is 1. The van der Waals surface area contributed by atoms with Crippen LogP contribution in [0.3, 0.4) is 0 Å². The minimum atomic E-state index is -0.0712. The number of carbonyl (C=O) groups is 1. The van der Waals surface area contributed by atoms with E-state index in [1.807, 2.05) is 18.2 Å². The van der Waals surface area contributed by atoms with Gasteiger partial charge >= 0.3 is 0 Å². The number of likely N-dealkylation sites (N-methyl/N-ethyl adjacent to an activating group) is 1. The first-order valence-electron chi connectivity index (χ1n) is 12.3. The number of hydrogen-bond acceptors (Lipinski definition) is 7. The molecule has 5 rings (SSSR count). The molecule has 2 aliphatic rings. The van der Waals surface area contributed by atoms with E-state index in [4.69, 9.17) is 4.98 Å². The molecule has 0 saturated carbocycles. The van der Waals surface area contributed by atoms with Gasteiger partial charge in [0, 0.05) is 38.3 Å². The van der Waals surface area contributed by atoms with Gasteiger partial charge in [0.05, 0.1) is 11.6 Å². The molecule has 0 bridgehead atoms. The number of anilines is 1. The van der Waals surface area contributed by atoms with Crippen LogP contribution in [0.15, 0.2) is 35.1 Å². The number of carbonyl (C=O) groups excluding carboxylic acids is 1. The molecule has 180 valence electrons. The average molecular weight is 481 g/mol. The number of amides is 1. The van der Waals surface area contributed by atoms with Crippen LogP contribution in [0, 0.1) is 5.92 Å². The smallest absolute Gasteiger partial charge is 0.278 e. The third-order valence-corrected chi connectivity index (χ3v) is 7.79. The highest BCUT2D eigenvalue weighted by Gasteiger charge is 2.28. The molecule has 0 spiro atoms. The largest absolute Gasteiger partial charge is 0.355 e. The highest BCUT2D eigenvalue weighted by atomic mass is 32.1. The molecule has 0 radical (unpaired) electrons. The fraction of sp³-hybridized carbons (Fsp3) is 0.520. The standard InChI is InChI=1S/C25H32N6O2S/c1-29(16-18-8-3-2-4-9-18)15-13-26-22(32)19-10-7-14-30(17-19)25-28-31-23(33)20-11-5-6-12-21(20)27-24(31)34-25/h2-4,8-9,19H,5-7,10-17H2,1H3,(H,26,32). The minimum Gasteiger partial charge on any atom is -0.355 e. The number of benzene rings is 1. The second kappa shape index (κ2) is 10.2. The summed E-state index contributed by atoms with van der Waals surface area (Å²) in [7, 11) is 2.07. The van der Waals surface area contributed by atoms with Gasteiger partial charge in [0.25, 0.3) is 5.56 Å². The molecule has 1 fully saturated rings. The van der Waals surface area contributed by atoms with Crippen molar-refractivity contribution in [1.82, 2.24) is 24.8 Å². The Kier molecular flexibility index (Phi) is 6.92. The van der Waals surface area contributed by atoms with Gasteiger partial charge < -0.3 is 15.1 Å². The lowest BCUT2D eigenvalue weighted by Crippen LogP contribution is -2.44. The molecule has 3 aromatic rings. The Morgan fingerprint density at radius 1 is 1.21 bits per heavy atom. The molecule has 8 nitrogen and oxygen atoms in total. The van der Waals surface area contributed by atoms with Crippen LogP contribution < -0.4 is 15.8 Å². The van der Waals surface area contributed by atoms with Crippen LogP contribution in [0.2, 0.25) is 0 Å². The maximum atomic E-state index is 12.9. The highest BCUT2D eigenvalue weighted by molar-refractivity contribution is 7.20. The summed E-state index contributed by atoms with van der Waals surface area (Å²) in [6.07, 6.45) is 5.61. The van der Waals surface area contributed by atoms with Crippen molar-refractivity contribution in [3.63, 3.8) is 0 Å². The number of aryl methyl sites for hydroxylation is 1. The number of fused-ring (bicyclic) bond motifs is 2. The fourth-order valence-corrected chi connectivity index (χ4v) is 5.89. The van der Waals surface area contributed by atoms with Gasteiger partial charge in [-0.2, -0.15) is 4.52 Å². The van der Waals surface area contributed by atoms with Gasteiger partial charge in [-0.15, -0.1) is 5.10 Å². The van der Waals surface area contributed by atoms with Crippen molar-refractivity contribution in [2.24, 2.45) is 5.92 Å². The van der Waals surface area contributed by atoms with Crippen LogP contribution in [0.5, 0.6) is 0 Å². The topological polar surface area (TPSA) is 82.8 Å². The molecule has 34 heavy (non-hydrogen) atoms. The van der Waals surface area contributed by atoms with Crippen molar-refractivity contribution in [2.75, 3.05) is 38.1 Å². The van der Waals surface area contributed by atoms with Gasteiger partial charge in [-0.05, 0) is 51.1 Å². The third-order valence-electron chi connectivity index (χ3n) is 6.82. The summed E-state index contributed by atoms with van der Waals surface area (Å²) in [5.41, 5.74) is 3.02. The van der Waals surface area contributed by atoms with Crippen LogP contribution in [0.4, 0.5) is 5.13 Å². The van der Waals surface area contributed by atoms with Crippen LogP contribution in [-0.4, -0.2) is 58.6 Å². The molecule has 1 atom stereocenters. The zero-order valence-electron chi connectivity index (χ0n) is 19.7. The summed E-state index contributed by atoms with van der Waals surface area (Å²) < 4.78 is 1.47. The zero-order chi connectivity index (χ0) is 23.5. The molecule has 1 aliphatic heterocycles. The van der Waals surface area contributed by atoms with E-state index in [0.717, 1.165) is 74.5 Å². The molecule has 2 aromatic heterocycles. The first kappa shape index (κ1) is 23.0. The Morgan fingerprint density at radius 3 is 2.88 bits per heavy atom. The maximum Gasteiger partial charge on any atom is 0.278 e. The number of aromatic nitrogens is 3. The number of piperidine rings is 1. The Morgan fingerprint density at radius 2 is 2.03 bits per heavy atom. The van der Waals surface area contributed by atoms with Crippen LogP contribution in [-0.2, 0) is 24.2 Å². The molecule has 1 saturated heterocycles. The maximum absolute atomic E-state index is 12.9. The molecule has 1 amide bonds. The van der Waals surface area contributed by atoms with Gasteiger partial charge in [-0.1, -0.05) is 41.7 Å². The summed E-state index contributed by atoms with van der Waals surface area (Å²) >= 11 is 1.46. The van der Waals surface area contributed by atoms with Gasteiger partial charge in [0.1, 0.15) is 0 Å². The van der Waals surface area contributed by atoms with Crippen LogP contribution in [0.25, 0.3) is 4.96 Å². The number of nitrogens with one attached hydrogen (secondary N) is 1. The van der Waals surface area contributed by atoms with Gasteiger partial charge in [-0.25, -0.2) is 4.98 Å². The minimum absolute atomic E-state index is 0.0203. The second-order valence-corrected chi connectivity index (χ2v) is 10.4. The second-order valence-electron chi connectivity index (χ2n) is 9.43. The third kappa shape index (κ3) is 5.00. The molecule has 1 unspecified atom stereocenters. The molecule has 1 N–H and O–H groups in total. The zero-order valence-corrected chi connectivity index (χ0v) is 20.5. The molecule has 1 aliphatic carbocycles. The van der Waals surface area contributed by atoms with Gasteiger partial charge in [0.2, 0.25) is 16.0 Å². The molecule has 3 heterocycles. The number of rotatable bonds is 7. The van der Waals surface area contributed by atoms with Crippen LogP contribution in [0.1, 0.15) is 42.5 Å². The molecular formula is C25H32N6O2S. The predicted octanol–water partition coefficient (Wildman–Crippen LogP) is 2.49. The molecular weight excluding hydrogens is 448 g/mol. The highest BCUT2D eigenvalue weighted by Crippen LogP contribution is 2.28. The van der Waals surface area contributed by atoms with E-state index in [0.29, 0.717) is 18.1 Å². The van der Waals surface area contributed by atoms with E-state index in [1.165, 1.54) is 21.4 Å². The van der Waals surface area contributed by atoms with Gasteiger partial charge in [-0.3, -0.25) is 9.59 Å². The summed E-state index contributed by atoms with van der Waals surface area (Å²) in [4.78, 5) is 35.5. The SMILES string of the molecule is CN(CCNC(=O)C1CCCN(c2nn3c(=O)c4c(nc3s2)CCCC4)C1)Cc1ccccc1. The monoisotopic (exact) mass is 480 g/mol. The lowest BCUT2D eigenvalue weighted by atomic mass is 9.97. The van der Waals surface area contributed by atoms with Crippen molar-refractivity contribution >= 4 is 27.3 Å². The summed E-state index contributed by atoms with van der Waals surface area (Å²) in [6.45, 7) is 3.76. The van der Waals surface area contributed by atoms with E-state index < -0.39 is 0 Å². The molecule has 1 aromatic carbocycles. The van der Waals surface area contributed by atoms with Crippen molar-refractivity contribution in [3.8, 4) is 0 Å². The van der Waals surface area contributed by atoms with Crippen molar-refractivity contribution < 1.29 is 4.79 Å². The lowest BCUT2D eigenvalue weighted by molar-refractivity contribution is -0.125. The first-order chi connectivity index (χ1) is 16.6. The van der Waals surface area contributed by atoms with Crippen LogP contribution >= 0.6 is 11.3 Å². The normalized spacial score (nSPS) is 18.3. The Bertz CT molecular complexity index is 1210. The van der Waals surface area contributed by atoms with Crippen molar-refractivity contribution in [1.29, 1.82) is 0 Å². The van der Waals surface area contributed by atoms with E-state index in [2.05, 4.69) is 39.4 Å². The predicted molar refractivity (Wildman–Crippen MR) is 134 cm³/mol. The quantitative estimate of drug-likeness (QED) is 0.560. The Labute approximate surface area is 203 Å². The van der Waals surface area contributed by atoms with E-state index in [9.17, 15) is 9.59 Å². The first-order valence-corrected chi connectivity index (χ1v) is 13.1.